The van der Waals surface area contributed by atoms with E-state index >= 15 is 0 Å². The van der Waals surface area contributed by atoms with E-state index in [-0.39, 0.29) is 17.6 Å². The molecule has 2 aromatic carbocycles. The second-order valence-corrected chi connectivity index (χ2v) is 8.94. The highest BCUT2D eigenvalue weighted by molar-refractivity contribution is 5.94. The molecule has 1 saturated carbocycles. The van der Waals surface area contributed by atoms with Gasteiger partial charge in [0.1, 0.15) is 5.82 Å². The smallest absolute Gasteiger partial charge is 0.225 e. The number of carbonyl (C=O) groups is 2. The zero-order valence-corrected chi connectivity index (χ0v) is 19.5. The third kappa shape index (κ3) is 6.19. The maximum Gasteiger partial charge on any atom is 0.225 e. The topological polar surface area (TPSA) is 110 Å². The van der Waals surface area contributed by atoms with Crippen molar-refractivity contribution in [1.29, 1.82) is 0 Å². The van der Waals surface area contributed by atoms with Gasteiger partial charge in [0.25, 0.3) is 0 Å². The Bertz CT molecular complexity index is 1120. The van der Waals surface area contributed by atoms with E-state index < -0.39 is 0 Å². The van der Waals surface area contributed by atoms with Gasteiger partial charge in [0, 0.05) is 36.2 Å². The molecule has 0 unspecified atom stereocenters. The van der Waals surface area contributed by atoms with Crippen LogP contribution in [0.3, 0.4) is 0 Å². The molecule has 7 nitrogen and oxygen atoms in total. The van der Waals surface area contributed by atoms with Gasteiger partial charge in [-0.05, 0) is 44.1 Å². The monoisotopic (exact) mass is 457 g/mol. The third-order valence-electron chi connectivity index (χ3n) is 6.43. The van der Waals surface area contributed by atoms with Crippen molar-refractivity contribution < 1.29 is 9.59 Å². The lowest BCUT2D eigenvalue weighted by molar-refractivity contribution is -0.122. The SMILES string of the molecule is CC(=O)c1ccc(-c2cc(NCc3ccccc3)nc(NCC3CCC(C(N)=O)CC3)n2)cc1. The Morgan fingerprint density at radius 2 is 1.65 bits per heavy atom. The molecule has 34 heavy (non-hydrogen) atoms. The van der Waals surface area contributed by atoms with Gasteiger partial charge in [0.15, 0.2) is 5.78 Å². The van der Waals surface area contributed by atoms with Gasteiger partial charge in [-0.15, -0.1) is 0 Å². The number of nitrogens with zero attached hydrogens (tertiary/aromatic N) is 2. The number of carbonyl (C=O) groups excluding carboxylic acids is 2. The van der Waals surface area contributed by atoms with Crippen LogP contribution in [0.25, 0.3) is 11.3 Å². The number of nitrogens with one attached hydrogen (secondary N) is 2. The average Bonchev–Trinajstić information content (AvgIpc) is 2.87. The molecule has 1 aromatic heterocycles. The summed E-state index contributed by atoms with van der Waals surface area (Å²) in [7, 11) is 0. The van der Waals surface area contributed by atoms with Crippen molar-refractivity contribution in [3.8, 4) is 11.3 Å². The molecule has 1 amide bonds. The van der Waals surface area contributed by atoms with E-state index in [0.717, 1.165) is 54.9 Å². The van der Waals surface area contributed by atoms with Gasteiger partial charge in [-0.3, -0.25) is 9.59 Å². The maximum absolute atomic E-state index is 11.6. The summed E-state index contributed by atoms with van der Waals surface area (Å²) in [6, 6.07) is 19.5. The van der Waals surface area contributed by atoms with Crippen LogP contribution >= 0.6 is 0 Å². The molecule has 0 spiro atoms. The molecule has 3 aromatic rings. The van der Waals surface area contributed by atoms with Crippen LogP contribution in [-0.2, 0) is 11.3 Å². The van der Waals surface area contributed by atoms with Crippen LogP contribution in [0.2, 0.25) is 0 Å². The number of hydrogen-bond acceptors (Lipinski definition) is 6. The van der Waals surface area contributed by atoms with E-state index in [1.165, 1.54) is 0 Å². The number of anilines is 2. The van der Waals surface area contributed by atoms with Crippen molar-refractivity contribution in [3.63, 3.8) is 0 Å². The first-order valence-electron chi connectivity index (χ1n) is 11.8. The van der Waals surface area contributed by atoms with E-state index in [2.05, 4.69) is 27.8 Å². The molecule has 176 valence electrons. The number of aromatic nitrogens is 2. The van der Waals surface area contributed by atoms with Crippen molar-refractivity contribution in [1.82, 2.24) is 9.97 Å². The molecule has 1 aliphatic rings. The van der Waals surface area contributed by atoms with E-state index in [1.807, 2.05) is 48.5 Å². The summed E-state index contributed by atoms with van der Waals surface area (Å²) in [5.74, 6) is 1.59. The van der Waals surface area contributed by atoms with Gasteiger partial charge in [0.05, 0.1) is 5.69 Å². The minimum Gasteiger partial charge on any atom is -0.369 e. The van der Waals surface area contributed by atoms with E-state index in [4.69, 9.17) is 10.7 Å². The fraction of sp³-hybridized carbons (Fsp3) is 0.333. The lowest BCUT2D eigenvalue weighted by atomic mass is 9.82. The first kappa shape index (κ1) is 23.4. The summed E-state index contributed by atoms with van der Waals surface area (Å²) >= 11 is 0. The van der Waals surface area contributed by atoms with Gasteiger partial charge >= 0.3 is 0 Å². The first-order chi connectivity index (χ1) is 16.5. The third-order valence-corrected chi connectivity index (χ3v) is 6.43. The van der Waals surface area contributed by atoms with Crippen LogP contribution in [0.4, 0.5) is 11.8 Å². The Morgan fingerprint density at radius 3 is 2.29 bits per heavy atom. The maximum atomic E-state index is 11.6. The minimum atomic E-state index is -0.188. The number of hydrogen-bond donors (Lipinski definition) is 3. The fourth-order valence-electron chi connectivity index (χ4n) is 4.32. The summed E-state index contributed by atoms with van der Waals surface area (Å²) in [6.07, 6.45) is 3.61. The largest absolute Gasteiger partial charge is 0.369 e. The zero-order chi connectivity index (χ0) is 23.9. The Morgan fingerprint density at radius 1 is 0.941 bits per heavy atom. The molecule has 4 N–H and O–H groups in total. The Balaban J connectivity index is 1.50. The lowest BCUT2D eigenvalue weighted by Gasteiger charge is -2.26. The summed E-state index contributed by atoms with van der Waals surface area (Å²) in [5.41, 5.74) is 8.99. The first-order valence-corrected chi connectivity index (χ1v) is 11.8. The van der Waals surface area contributed by atoms with Crippen LogP contribution in [0.5, 0.6) is 0 Å². The normalized spacial score (nSPS) is 17.7. The quantitative estimate of drug-likeness (QED) is 0.403. The van der Waals surface area contributed by atoms with E-state index in [0.29, 0.717) is 24.0 Å². The minimum absolute atomic E-state index is 0.00240. The Kier molecular flexibility index (Phi) is 7.52. The number of benzene rings is 2. The molecule has 1 heterocycles. The molecule has 0 radical (unpaired) electrons. The molecule has 0 saturated heterocycles. The molecular weight excluding hydrogens is 426 g/mol. The molecule has 1 fully saturated rings. The molecule has 7 heteroatoms. The second kappa shape index (κ2) is 10.9. The molecule has 1 aliphatic carbocycles. The summed E-state index contributed by atoms with van der Waals surface area (Å²) in [5, 5.41) is 6.80. The van der Waals surface area contributed by atoms with Crippen LogP contribution in [0.1, 0.15) is 48.5 Å². The highest BCUT2D eigenvalue weighted by atomic mass is 16.1. The summed E-state index contributed by atoms with van der Waals surface area (Å²) in [4.78, 5) is 32.5. The van der Waals surface area contributed by atoms with E-state index in [1.54, 1.807) is 6.92 Å². The predicted octanol–water partition coefficient (Wildman–Crippen LogP) is 4.66. The fourth-order valence-corrected chi connectivity index (χ4v) is 4.32. The Labute approximate surface area is 200 Å². The number of amides is 1. The Hall–Kier alpha value is -3.74. The summed E-state index contributed by atoms with van der Waals surface area (Å²) < 4.78 is 0. The lowest BCUT2D eigenvalue weighted by Crippen LogP contribution is -2.29. The predicted molar refractivity (Wildman–Crippen MR) is 134 cm³/mol. The van der Waals surface area contributed by atoms with Crippen molar-refractivity contribution in [2.45, 2.75) is 39.2 Å². The molecule has 0 bridgehead atoms. The van der Waals surface area contributed by atoms with Crippen molar-refractivity contribution in [2.75, 3.05) is 17.2 Å². The molecular formula is C27H31N5O2. The van der Waals surface area contributed by atoms with E-state index in [9.17, 15) is 9.59 Å². The van der Waals surface area contributed by atoms with Crippen LogP contribution in [0.15, 0.2) is 60.7 Å². The highest BCUT2D eigenvalue weighted by Crippen LogP contribution is 2.29. The number of ketones is 1. The number of primary amides is 1. The van der Waals surface area contributed by atoms with Crippen LogP contribution in [0, 0.1) is 11.8 Å². The zero-order valence-electron chi connectivity index (χ0n) is 19.5. The van der Waals surface area contributed by atoms with Gasteiger partial charge in [-0.25, -0.2) is 4.98 Å². The standard InChI is InChI=1S/C27H31N5O2/c1-18(33)21-11-13-22(14-12-21)24-15-25(29-16-19-5-3-2-4-6-19)32-27(31-24)30-17-20-7-9-23(10-8-20)26(28)34/h2-6,11-15,20,23H,7-10,16-17H2,1H3,(H2,28,34)(H2,29,30,31,32). The van der Waals surface area contributed by atoms with Crippen molar-refractivity contribution >= 4 is 23.5 Å². The second-order valence-electron chi connectivity index (χ2n) is 8.94. The molecule has 0 atom stereocenters. The van der Waals surface area contributed by atoms with Gasteiger partial charge in [0.2, 0.25) is 11.9 Å². The van der Waals surface area contributed by atoms with Crippen LogP contribution < -0.4 is 16.4 Å². The van der Waals surface area contributed by atoms with Crippen molar-refractivity contribution in [2.24, 2.45) is 17.6 Å². The number of rotatable bonds is 9. The molecule has 4 rings (SSSR count). The van der Waals surface area contributed by atoms with Gasteiger partial charge in [-0.2, -0.15) is 4.98 Å². The highest BCUT2D eigenvalue weighted by Gasteiger charge is 2.24. The van der Waals surface area contributed by atoms with Crippen LogP contribution in [-0.4, -0.2) is 28.2 Å². The van der Waals surface area contributed by atoms with Crippen molar-refractivity contribution in [3.05, 3.63) is 71.8 Å². The molecule has 0 aliphatic heterocycles. The van der Waals surface area contributed by atoms with Gasteiger partial charge < -0.3 is 16.4 Å². The van der Waals surface area contributed by atoms with Gasteiger partial charge in [-0.1, -0.05) is 54.6 Å². The number of Topliss-reactive ketones (excluding diaryl/α,β-unsaturated/α-hetero) is 1. The average molecular weight is 458 g/mol. The summed E-state index contributed by atoms with van der Waals surface area (Å²) in [6.45, 7) is 2.96. The number of nitrogens with two attached hydrogens (primary N) is 1.